The monoisotopic (exact) mass is 466 g/mol. The van der Waals surface area contributed by atoms with Crippen LogP contribution in [0.5, 0.6) is 11.5 Å². The number of para-hydroxylation sites is 2. The quantitative estimate of drug-likeness (QED) is 0.461. The number of nitrogens with zero attached hydrogens (tertiary/aromatic N) is 1. The third-order valence-corrected chi connectivity index (χ3v) is 4.65. The SMILES string of the molecule is COc1ccccc1NC(=O)Nc1nc(CC(=O)Nc2ccc(OC(F)(F)F)cc2)cs1. The van der Waals surface area contributed by atoms with Gasteiger partial charge in [0.05, 0.1) is 24.9 Å². The van der Waals surface area contributed by atoms with Gasteiger partial charge in [-0.1, -0.05) is 12.1 Å². The van der Waals surface area contributed by atoms with Crippen molar-refractivity contribution in [2.24, 2.45) is 0 Å². The number of ether oxygens (including phenoxy) is 2. The molecule has 3 N–H and O–H groups in total. The molecule has 12 heteroatoms. The van der Waals surface area contributed by atoms with E-state index in [9.17, 15) is 22.8 Å². The van der Waals surface area contributed by atoms with E-state index in [4.69, 9.17) is 4.74 Å². The summed E-state index contributed by atoms with van der Waals surface area (Å²) in [6.45, 7) is 0. The van der Waals surface area contributed by atoms with E-state index in [-0.39, 0.29) is 11.6 Å². The lowest BCUT2D eigenvalue weighted by Crippen LogP contribution is -2.20. The molecule has 0 radical (unpaired) electrons. The minimum absolute atomic E-state index is 0.0902. The Morgan fingerprint density at radius 3 is 2.44 bits per heavy atom. The number of amides is 3. The van der Waals surface area contributed by atoms with Crippen molar-refractivity contribution in [2.75, 3.05) is 23.1 Å². The average molecular weight is 466 g/mol. The number of anilines is 3. The maximum absolute atomic E-state index is 12.2. The Labute approximate surface area is 184 Å². The molecule has 0 aliphatic rings. The molecular weight excluding hydrogens is 449 g/mol. The van der Waals surface area contributed by atoms with Gasteiger partial charge in [0.1, 0.15) is 11.5 Å². The smallest absolute Gasteiger partial charge is 0.495 e. The highest BCUT2D eigenvalue weighted by atomic mass is 32.1. The fraction of sp³-hybridized carbons (Fsp3) is 0.150. The predicted octanol–water partition coefficient (Wildman–Crippen LogP) is 4.88. The van der Waals surface area contributed by atoms with Crippen molar-refractivity contribution in [1.82, 2.24) is 4.98 Å². The van der Waals surface area contributed by atoms with Gasteiger partial charge in [-0.3, -0.25) is 10.1 Å². The molecule has 0 aliphatic carbocycles. The van der Waals surface area contributed by atoms with E-state index >= 15 is 0 Å². The number of carbonyl (C=O) groups is 2. The number of aromatic nitrogens is 1. The molecule has 2 aromatic carbocycles. The van der Waals surface area contributed by atoms with E-state index in [0.29, 0.717) is 22.8 Å². The van der Waals surface area contributed by atoms with Gasteiger partial charge >= 0.3 is 12.4 Å². The van der Waals surface area contributed by atoms with Gasteiger partial charge in [0, 0.05) is 11.1 Å². The number of alkyl halides is 3. The zero-order chi connectivity index (χ0) is 23.1. The van der Waals surface area contributed by atoms with Gasteiger partial charge in [0.15, 0.2) is 5.13 Å². The van der Waals surface area contributed by atoms with Crippen molar-refractivity contribution in [3.63, 3.8) is 0 Å². The van der Waals surface area contributed by atoms with Crippen molar-refractivity contribution in [3.05, 3.63) is 59.6 Å². The van der Waals surface area contributed by atoms with Gasteiger partial charge in [-0.2, -0.15) is 0 Å². The maximum Gasteiger partial charge on any atom is 0.573 e. The third kappa shape index (κ3) is 6.87. The first-order valence-corrected chi connectivity index (χ1v) is 9.91. The molecule has 3 aromatic rings. The summed E-state index contributed by atoms with van der Waals surface area (Å²) in [5.41, 5.74) is 1.20. The van der Waals surface area contributed by atoms with Crippen LogP contribution < -0.4 is 25.4 Å². The minimum atomic E-state index is -4.79. The van der Waals surface area contributed by atoms with Crippen molar-refractivity contribution in [2.45, 2.75) is 12.8 Å². The lowest BCUT2D eigenvalue weighted by molar-refractivity contribution is -0.274. The molecule has 0 unspecified atom stereocenters. The van der Waals surface area contributed by atoms with E-state index in [2.05, 4.69) is 25.7 Å². The summed E-state index contributed by atoms with van der Waals surface area (Å²) in [5, 5.41) is 9.66. The zero-order valence-electron chi connectivity index (χ0n) is 16.5. The summed E-state index contributed by atoms with van der Waals surface area (Å²) in [7, 11) is 1.49. The molecular formula is C20H17F3N4O4S. The molecule has 32 heavy (non-hydrogen) atoms. The van der Waals surface area contributed by atoms with Crippen LogP contribution in [0.3, 0.4) is 0 Å². The van der Waals surface area contributed by atoms with E-state index in [0.717, 1.165) is 23.5 Å². The number of rotatable bonds is 7. The van der Waals surface area contributed by atoms with Crippen LogP contribution in [0.1, 0.15) is 5.69 Å². The molecule has 0 bridgehead atoms. The second-order valence-electron chi connectivity index (χ2n) is 6.22. The van der Waals surface area contributed by atoms with Crippen LogP contribution in [0, 0.1) is 0 Å². The van der Waals surface area contributed by atoms with Crippen molar-refractivity contribution >= 4 is 39.8 Å². The Morgan fingerprint density at radius 2 is 1.75 bits per heavy atom. The number of thiazole rings is 1. The number of carbonyl (C=O) groups excluding carboxylic acids is 2. The first-order valence-electron chi connectivity index (χ1n) is 9.03. The molecule has 8 nitrogen and oxygen atoms in total. The van der Waals surface area contributed by atoms with Crippen molar-refractivity contribution in [3.8, 4) is 11.5 Å². The molecule has 1 aromatic heterocycles. The summed E-state index contributed by atoms with van der Waals surface area (Å²) in [6, 6.07) is 11.1. The van der Waals surface area contributed by atoms with Crippen LogP contribution in [-0.2, 0) is 11.2 Å². The van der Waals surface area contributed by atoms with Crippen molar-refractivity contribution < 1.29 is 32.2 Å². The highest BCUT2D eigenvalue weighted by molar-refractivity contribution is 7.14. The van der Waals surface area contributed by atoms with E-state index in [1.54, 1.807) is 29.6 Å². The minimum Gasteiger partial charge on any atom is -0.495 e. The van der Waals surface area contributed by atoms with Gasteiger partial charge in [-0.25, -0.2) is 9.78 Å². The number of urea groups is 1. The zero-order valence-corrected chi connectivity index (χ0v) is 17.3. The van der Waals surface area contributed by atoms with Gasteiger partial charge in [0.2, 0.25) is 5.91 Å². The molecule has 3 amide bonds. The molecule has 0 saturated heterocycles. The van der Waals surface area contributed by atoms with E-state index in [1.165, 1.54) is 19.2 Å². The molecule has 0 fully saturated rings. The normalized spacial score (nSPS) is 10.9. The fourth-order valence-electron chi connectivity index (χ4n) is 2.55. The van der Waals surface area contributed by atoms with Crippen LogP contribution in [-0.4, -0.2) is 30.4 Å². The van der Waals surface area contributed by atoms with Crippen LogP contribution in [0.15, 0.2) is 53.9 Å². The lowest BCUT2D eigenvalue weighted by Gasteiger charge is -2.10. The Morgan fingerprint density at radius 1 is 1.03 bits per heavy atom. The first-order chi connectivity index (χ1) is 15.2. The fourth-order valence-corrected chi connectivity index (χ4v) is 3.26. The Balaban J connectivity index is 1.51. The topological polar surface area (TPSA) is 102 Å². The molecule has 3 rings (SSSR count). The molecule has 0 saturated carbocycles. The summed E-state index contributed by atoms with van der Waals surface area (Å²) in [4.78, 5) is 28.5. The maximum atomic E-state index is 12.2. The van der Waals surface area contributed by atoms with Gasteiger partial charge < -0.3 is 20.1 Å². The summed E-state index contributed by atoms with van der Waals surface area (Å²) in [5.74, 6) is -0.320. The van der Waals surface area contributed by atoms with E-state index < -0.39 is 24.1 Å². The Kier molecular flexibility index (Phi) is 7.15. The summed E-state index contributed by atoms with van der Waals surface area (Å²) >= 11 is 1.14. The third-order valence-electron chi connectivity index (χ3n) is 3.84. The average Bonchev–Trinajstić information content (AvgIpc) is 3.15. The van der Waals surface area contributed by atoms with Crippen LogP contribution in [0.25, 0.3) is 0 Å². The molecule has 0 aliphatic heterocycles. The predicted molar refractivity (Wildman–Crippen MR) is 113 cm³/mol. The summed E-state index contributed by atoms with van der Waals surface area (Å²) < 4.78 is 45.5. The molecule has 0 spiro atoms. The van der Waals surface area contributed by atoms with Crippen molar-refractivity contribution in [1.29, 1.82) is 0 Å². The molecule has 168 valence electrons. The van der Waals surface area contributed by atoms with Gasteiger partial charge in [0.25, 0.3) is 0 Å². The van der Waals surface area contributed by atoms with E-state index in [1.807, 2.05) is 0 Å². The van der Waals surface area contributed by atoms with Crippen LogP contribution >= 0.6 is 11.3 Å². The van der Waals surface area contributed by atoms with Gasteiger partial charge in [-0.15, -0.1) is 24.5 Å². The second kappa shape index (κ2) is 10.0. The number of hydrogen-bond donors (Lipinski definition) is 3. The summed E-state index contributed by atoms with van der Waals surface area (Å²) in [6.07, 6.45) is -4.88. The molecule has 0 atom stereocenters. The first kappa shape index (κ1) is 22.9. The number of benzene rings is 2. The Hall–Kier alpha value is -3.80. The van der Waals surface area contributed by atoms with Crippen LogP contribution in [0.2, 0.25) is 0 Å². The Bertz CT molecular complexity index is 1090. The standard InChI is InChI=1S/C20H17F3N4O4S/c1-30-16-5-3-2-4-15(16)26-18(29)27-19-25-13(11-32-19)10-17(28)24-12-6-8-14(9-7-12)31-20(21,22)23/h2-9,11H,10H2,1H3,(H,24,28)(H2,25,26,27,29). The number of methoxy groups -OCH3 is 1. The number of hydrogen-bond acceptors (Lipinski definition) is 6. The highest BCUT2D eigenvalue weighted by Crippen LogP contribution is 2.25. The van der Waals surface area contributed by atoms with Crippen LogP contribution in [0.4, 0.5) is 34.5 Å². The lowest BCUT2D eigenvalue weighted by atomic mass is 10.2. The second-order valence-corrected chi connectivity index (χ2v) is 7.08. The number of halogens is 3. The highest BCUT2D eigenvalue weighted by Gasteiger charge is 2.31. The molecule has 1 heterocycles. The van der Waals surface area contributed by atoms with Gasteiger partial charge in [-0.05, 0) is 36.4 Å². The number of nitrogens with one attached hydrogen (secondary N) is 3. The largest absolute Gasteiger partial charge is 0.573 e.